The number of hydrogen-bond donors (Lipinski definition) is 1. The van der Waals surface area contributed by atoms with Crippen molar-refractivity contribution in [2.45, 2.75) is 25.4 Å². The highest BCUT2D eigenvalue weighted by Crippen LogP contribution is 2.38. The van der Waals surface area contributed by atoms with E-state index in [2.05, 4.69) is 10.4 Å². The van der Waals surface area contributed by atoms with Crippen LogP contribution in [0.25, 0.3) is 5.69 Å². The molecule has 0 bridgehead atoms. The Bertz CT molecular complexity index is 986. The number of benzene rings is 2. The van der Waals surface area contributed by atoms with E-state index in [1.54, 1.807) is 25.1 Å². The molecule has 1 aliphatic rings. The number of amides is 2. The van der Waals surface area contributed by atoms with Crippen molar-refractivity contribution in [2.24, 2.45) is 0 Å². The van der Waals surface area contributed by atoms with Gasteiger partial charge >= 0.3 is 6.03 Å². The minimum atomic E-state index is -0.0708. The molecule has 1 aliphatic heterocycles. The van der Waals surface area contributed by atoms with E-state index in [4.69, 9.17) is 9.47 Å². The van der Waals surface area contributed by atoms with Crippen LogP contribution in [0, 0.1) is 0 Å². The van der Waals surface area contributed by atoms with E-state index in [-0.39, 0.29) is 12.1 Å². The molecule has 2 heterocycles. The highest BCUT2D eigenvalue weighted by atomic mass is 16.5. The van der Waals surface area contributed by atoms with Gasteiger partial charge in [0.15, 0.2) is 0 Å². The van der Waals surface area contributed by atoms with Crippen LogP contribution in [-0.4, -0.2) is 41.5 Å². The summed E-state index contributed by atoms with van der Waals surface area (Å²) in [7, 11) is 3.29. The van der Waals surface area contributed by atoms with Crippen LogP contribution >= 0.6 is 0 Å². The fraction of sp³-hybridized carbons (Fsp3) is 0.304. The van der Waals surface area contributed by atoms with Crippen molar-refractivity contribution in [3.05, 3.63) is 72.1 Å². The van der Waals surface area contributed by atoms with Crippen LogP contribution in [0.15, 0.2) is 60.9 Å². The third-order valence-electron chi connectivity index (χ3n) is 5.46. The molecule has 30 heavy (non-hydrogen) atoms. The van der Waals surface area contributed by atoms with E-state index in [9.17, 15) is 4.79 Å². The van der Waals surface area contributed by atoms with Gasteiger partial charge in [-0.05, 0) is 54.8 Å². The topological polar surface area (TPSA) is 68.6 Å². The van der Waals surface area contributed by atoms with Crippen molar-refractivity contribution >= 4 is 6.03 Å². The van der Waals surface area contributed by atoms with Gasteiger partial charge in [0.05, 0.1) is 25.9 Å². The lowest BCUT2D eigenvalue weighted by Crippen LogP contribution is -2.39. The predicted octanol–water partition coefficient (Wildman–Crippen LogP) is 3.94. The van der Waals surface area contributed by atoms with Crippen LogP contribution in [-0.2, 0) is 6.54 Å². The molecule has 1 atom stereocenters. The molecule has 0 radical (unpaired) electrons. The lowest BCUT2D eigenvalue weighted by Gasteiger charge is -2.27. The van der Waals surface area contributed by atoms with E-state index in [0.717, 1.165) is 47.7 Å². The predicted molar refractivity (Wildman–Crippen MR) is 114 cm³/mol. The molecule has 3 aromatic rings. The Kier molecular flexibility index (Phi) is 5.88. The first-order valence-electron chi connectivity index (χ1n) is 10.0. The van der Waals surface area contributed by atoms with Crippen molar-refractivity contribution in [1.29, 1.82) is 0 Å². The van der Waals surface area contributed by atoms with E-state index >= 15 is 0 Å². The van der Waals surface area contributed by atoms with Gasteiger partial charge < -0.3 is 19.7 Å². The van der Waals surface area contributed by atoms with Gasteiger partial charge in [0.1, 0.15) is 11.5 Å². The van der Waals surface area contributed by atoms with E-state index < -0.39 is 0 Å². The first-order valence-corrected chi connectivity index (χ1v) is 10.0. The van der Waals surface area contributed by atoms with E-state index in [1.807, 2.05) is 59.6 Å². The Hall–Kier alpha value is -3.48. The van der Waals surface area contributed by atoms with Gasteiger partial charge in [-0.1, -0.05) is 12.1 Å². The average Bonchev–Trinajstić information content (AvgIpc) is 3.50. The minimum absolute atomic E-state index is 0.0303. The summed E-state index contributed by atoms with van der Waals surface area (Å²) in [4.78, 5) is 14.8. The molecule has 7 nitrogen and oxygen atoms in total. The molecule has 1 unspecified atom stereocenters. The van der Waals surface area contributed by atoms with Gasteiger partial charge in [0, 0.05) is 31.0 Å². The number of nitrogens with one attached hydrogen (secondary N) is 1. The molecule has 156 valence electrons. The second-order valence-electron chi connectivity index (χ2n) is 7.24. The highest BCUT2D eigenvalue weighted by Gasteiger charge is 2.32. The molecule has 2 amide bonds. The largest absolute Gasteiger partial charge is 0.497 e. The maximum absolute atomic E-state index is 12.9. The number of hydrogen-bond acceptors (Lipinski definition) is 4. The zero-order chi connectivity index (χ0) is 20.9. The van der Waals surface area contributed by atoms with Crippen LogP contribution in [0.5, 0.6) is 11.5 Å². The zero-order valence-corrected chi connectivity index (χ0v) is 17.2. The summed E-state index contributed by atoms with van der Waals surface area (Å²) in [6.07, 6.45) is 5.50. The molecule has 1 N–H and O–H groups in total. The van der Waals surface area contributed by atoms with Crippen LogP contribution in [0.4, 0.5) is 4.79 Å². The third-order valence-corrected chi connectivity index (χ3v) is 5.46. The lowest BCUT2D eigenvalue weighted by molar-refractivity contribution is 0.191. The molecule has 0 saturated carbocycles. The second-order valence-corrected chi connectivity index (χ2v) is 7.24. The number of carbonyl (C=O) groups is 1. The molecule has 0 aliphatic carbocycles. The van der Waals surface area contributed by atoms with Gasteiger partial charge in [-0.25, -0.2) is 9.48 Å². The summed E-state index contributed by atoms with van der Waals surface area (Å²) in [5.41, 5.74) is 3.00. The number of carbonyl (C=O) groups excluding carboxylic acids is 1. The van der Waals surface area contributed by atoms with Crippen molar-refractivity contribution in [1.82, 2.24) is 20.0 Å². The van der Waals surface area contributed by atoms with Gasteiger partial charge in [-0.3, -0.25) is 0 Å². The summed E-state index contributed by atoms with van der Waals surface area (Å²) >= 11 is 0. The Morgan fingerprint density at radius 2 is 2.00 bits per heavy atom. The number of ether oxygens (including phenoxy) is 2. The fourth-order valence-corrected chi connectivity index (χ4v) is 3.90. The van der Waals surface area contributed by atoms with E-state index in [1.165, 1.54) is 0 Å². The Balaban J connectivity index is 1.43. The zero-order valence-electron chi connectivity index (χ0n) is 17.2. The normalized spacial score (nSPS) is 15.8. The van der Waals surface area contributed by atoms with Crippen LogP contribution in [0.2, 0.25) is 0 Å². The van der Waals surface area contributed by atoms with Crippen molar-refractivity contribution in [2.75, 3.05) is 20.8 Å². The Morgan fingerprint density at radius 1 is 1.17 bits per heavy atom. The number of nitrogens with zero attached hydrogens (tertiary/aromatic N) is 3. The molecule has 2 aromatic carbocycles. The number of urea groups is 1. The summed E-state index contributed by atoms with van der Waals surface area (Å²) in [5, 5.41) is 7.28. The second kappa shape index (κ2) is 8.90. The SMILES string of the molecule is COc1ccc(OC)c(C2CCCN2C(=O)NCc2ccc(-n3cccn3)cc2)c1. The summed E-state index contributed by atoms with van der Waals surface area (Å²) in [6, 6.07) is 15.5. The van der Waals surface area contributed by atoms with Crippen molar-refractivity contribution in [3.63, 3.8) is 0 Å². The fourth-order valence-electron chi connectivity index (χ4n) is 3.90. The van der Waals surface area contributed by atoms with Gasteiger partial charge in [0.2, 0.25) is 0 Å². The molecular formula is C23H26N4O3. The Morgan fingerprint density at radius 3 is 2.70 bits per heavy atom. The van der Waals surface area contributed by atoms with Crippen LogP contribution < -0.4 is 14.8 Å². The molecule has 4 rings (SSSR count). The lowest BCUT2D eigenvalue weighted by atomic mass is 10.0. The van der Waals surface area contributed by atoms with Crippen molar-refractivity contribution < 1.29 is 14.3 Å². The molecular weight excluding hydrogens is 380 g/mol. The van der Waals surface area contributed by atoms with Gasteiger partial charge in [0.25, 0.3) is 0 Å². The van der Waals surface area contributed by atoms with Crippen LogP contribution in [0.1, 0.15) is 30.0 Å². The molecule has 7 heteroatoms. The molecule has 0 spiro atoms. The summed E-state index contributed by atoms with van der Waals surface area (Å²) in [5.74, 6) is 1.53. The standard InChI is InChI=1S/C23H26N4O3/c1-29-19-10-11-22(30-2)20(15-19)21-5-3-13-26(21)23(28)24-16-17-6-8-18(9-7-17)27-14-4-12-25-27/h4,6-12,14-15,21H,3,5,13,16H2,1-2H3,(H,24,28). The number of methoxy groups -OCH3 is 2. The smallest absolute Gasteiger partial charge is 0.318 e. The maximum Gasteiger partial charge on any atom is 0.318 e. The first-order chi connectivity index (χ1) is 14.7. The number of rotatable bonds is 6. The van der Waals surface area contributed by atoms with E-state index in [0.29, 0.717) is 6.54 Å². The summed E-state index contributed by atoms with van der Waals surface area (Å²) < 4.78 is 12.7. The average molecular weight is 406 g/mol. The van der Waals surface area contributed by atoms with Gasteiger partial charge in [-0.15, -0.1) is 0 Å². The number of aromatic nitrogens is 2. The molecule has 1 fully saturated rings. The summed E-state index contributed by atoms with van der Waals surface area (Å²) in [6.45, 7) is 1.19. The monoisotopic (exact) mass is 406 g/mol. The molecule has 1 saturated heterocycles. The third kappa shape index (κ3) is 4.10. The van der Waals surface area contributed by atoms with Gasteiger partial charge in [-0.2, -0.15) is 5.10 Å². The first kappa shape index (κ1) is 19.8. The number of likely N-dealkylation sites (tertiary alicyclic amines) is 1. The molecule has 1 aromatic heterocycles. The Labute approximate surface area is 176 Å². The quantitative estimate of drug-likeness (QED) is 0.673. The maximum atomic E-state index is 12.9. The van der Waals surface area contributed by atoms with Crippen LogP contribution in [0.3, 0.4) is 0 Å². The minimum Gasteiger partial charge on any atom is -0.497 e. The van der Waals surface area contributed by atoms with Crippen molar-refractivity contribution in [3.8, 4) is 17.2 Å². The highest BCUT2D eigenvalue weighted by molar-refractivity contribution is 5.75.